The average molecular weight is 237 g/mol. The van der Waals surface area contributed by atoms with Gasteiger partial charge in [0, 0.05) is 12.1 Å². The summed E-state index contributed by atoms with van der Waals surface area (Å²) in [6, 6.07) is 3.44. The summed E-state index contributed by atoms with van der Waals surface area (Å²) in [6.45, 7) is 4.62. The topological polar surface area (TPSA) is 40.5 Å². The van der Waals surface area contributed by atoms with Gasteiger partial charge in [-0.25, -0.2) is 4.39 Å². The third-order valence-corrected chi connectivity index (χ3v) is 3.34. The van der Waals surface area contributed by atoms with Crippen LogP contribution in [0.3, 0.4) is 0 Å². The summed E-state index contributed by atoms with van der Waals surface area (Å²) in [7, 11) is 0. The number of rotatable bonds is 1. The van der Waals surface area contributed by atoms with Gasteiger partial charge in [0.25, 0.3) is 5.91 Å². The first-order valence-electron chi connectivity index (χ1n) is 5.72. The van der Waals surface area contributed by atoms with E-state index < -0.39 is 5.82 Å². The predicted molar refractivity (Wildman–Crippen MR) is 62.4 cm³/mol. The zero-order valence-electron chi connectivity index (χ0n) is 10.0. The average Bonchev–Trinajstić information content (AvgIpc) is 2.61. The summed E-state index contributed by atoms with van der Waals surface area (Å²) in [5.41, 5.74) is -0.185. The van der Waals surface area contributed by atoms with E-state index in [0.717, 1.165) is 25.0 Å². The lowest BCUT2D eigenvalue weighted by molar-refractivity contribution is 0.0648. The van der Waals surface area contributed by atoms with Crippen LogP contribution in [-0.2, 0) is 0 Å². The summed E-state index contributed by atoms with van der Waals surface area (Å²) >= 11 is 0. The Bertz CT molecular complexity index is 457. The highest BCUT2D eigenvalue weighted by atomic mass is 19.1. The molecule has 3 nitrogen and oxygen atoms in total. The van der Waals surface area contributed by atoms with Crippen molar-refractivity contribution >= 4 is 5.91 Å². The van der Waals surface area contributed by atoms with Crippen LogP contribution in [0, 0.1) is 5.82 Å². The van der Waals surface area contributed by atoms with Crippen molar-refractivity contribution in [2.45, 2.75) is 32.2 Å². The summed E-state index contributed by atoms with van der Waals surface area (Å²) in [6.07, 6.45) is 1.86. The second-order valence-electron chi connectivity index (χ2n) is 5.03. The lowest BCUT2D eigenvalue weighted by atomic mass is 10.0. The molecule has 1 amide bonds. The molecule has 1 aliphatic rings. The molecule has 4 heteroatoms. The normalized spacial score (nSPS) is 18.4. The van der Waals surface area contributed by atoms with Crippen molar-refractivity contribution in [3.8, 4) is 5.75 Å². The number of aromatic hydroxyl groups is 1. The third kappa shape index (κ3) is 2.12. The van der Waals surface area contributed by atoms with Crippen LogP contribution in [0.4, 0.5) is 4.39 Å². The molecule has 0 bridgehead atoms. The van der Waals surface area contributed by atoms with Crippen LogP contribution in [0.25, 0.3) is 0 Å². The maximum absolute atomic E-state index is 13.1. The Labute approximate surface area is 99.9 Å². The molecule has 1 heterocycles. The molecule has 17 heavy (non-hydrogen) atoms. The van der Waals surface area contributed by atoms with Gasteiger partial charge >= 0.3 is 0 Å². The molecule has 1 fully saturated rings. The number of phenolic OH excluding ortho intramolecular Hbond substituents is 1. The molecule has 1 aromatic carbocycles. The summed E-state index contributed by atoms with van der Waals surface area (Å²) in [5.74, 6) is -0.980. The number of hydrogen-bond acceptors (Lipinski definition) is 2. The molecule has 0 atom stereocenters. The van der Waals surface area contributed by atoms with E-state index in [1.807, 2.05) is 13.8 Å². The molecular formula is C13H16FNO2. The maximum atomic E-state index is 13.1. The molecular weight excluding hydrogens is 221 g/mol. The number of carbonyl (C=O) groups is 1. The fourth-order valence-electron chi connectivity index (χ4n) is 2.31. The molecule has 0 unspecified atom stereocenters. The van der Waals surface area contributed by atoms with Gasteiger partial charge in [-0.2, -0.15) is 0 Å². The van der Waals surface area contributed by atoms with E-state index in [1.165, 1.54) is 6.07 Å². The second-order valence-corrected chi connectivity index (χ2v) is 5.03. The van der Waals surface area contributed by atoms with E-state index in [1.54, 1.807) is 4.90 Å². The van der Waals surface area contributed by atoms with Crippen LogP contribution in [0.5, 0.6) is 5.75 Å². The molecule has 1 saturated heterocycles. The predicted octanol–water partition coefficient (Wildman–Crippen LogP) is 2.55. The summed E-state index contributed by atoms with van der Waals surface area (Å²) < 4.78 is 13.1. The van der Waals surface area contributed by atoms with Crippen LogP contribution in [-0.4, -0.2) is 28.0 Å². The lowest BCUT2D eigenvalue weighted by Gasteiger charge is -2.31. The first kappa shape index (κ1) is 11.9. The minimum atomic E-state index is -0.511. The number of phenols is 1. The van der Waals surface area contributed by atoms with Crippen molar-refractivity contribution in [1.82, 2.24) is 4.90 Å². The van der Waals surface area contributed by atoms with Gasteiger partial charge in [-0.05, 0) is 44.9 Å². The van der Waals surface area contributed by atoms with Crippen molar-refractivity contribution in [3.05, 3.63) is 29.6 Å². The van der Waals surface area contributed by atoms with E-state index in [2.05, 4.69) is 0 Å². The minimum absolute atomic E-state index is 0.0416. The number of benzene rings is 1. The maximum Gasteiger partial charge on any atom is 0.258 e. The van der Waals surface area contributed by atoms with Crippen LogP contribution in [0.1, 0.15) is 37.0 Å². The molecule has 2 rings (SSSR count). The van der Waals surface area contributed by atoms with Crippen LogP contribution in [0.2, 0.25) is 0 Å². The fourth-order valence-corrected chi connectivity index (χ4v) is 2.31. The Balaban J connectivity index is 2.34. The molecule has 0 radical (unpaired) electrons. The molecule has 0 aliphatic carbocycles. The van der Waals surface area contributed by atoms with Gasteiger partial charge < -0.3 is 10.0 Å². The number of carbonyl (C=O) groups excluding carboxylic acids is 1. The number of halogens is 1. The Morgan fingerprint density at radius 2 is 2.18 bits per heavy atom. The van der Waals surface area contributed by atoms with E-state index in [-0.39, 0.29) is 22.8 Å². The van der Waals surface area contributed by atoms with Crippen molar-refractivity contribution in [3.63, 3.8) is 0 Å². The fraction of sp³-hybridized carbons (Fsp3) is 0.462. The molecule has 0 aromatic heterocycles. The smallest absolute Gasteiger partial charge is 0.258 e. The van der Waals surface area contributed by atoms with Crippen molar-refractivity contribution in [2.24, 2.45) is 0 Å². The highest BCUT2D eigenvalue weighted by molar-refractivity contribution is 5.97. The van der Waals surface area contributed by atoms with E-state index >= 15 is 0 Å². The molecule has 0 spiro atoms. The van der Waals surface area contributed by atoms with Crippen molar-refractivity contribution in [2.75, 3.05) is 6.54 Å². The summed E-state index contributed by atoms with van der Waals surface area (Å²) in [4.78, 5) is 13.9. The van der Waals surface area contributed by atoms with Crippen molar-refractivity contribution in [1.29, 1.82) is 0 Å². The van der Waals surface area contributed by atoms with E-state index in [4.69, 9.17) is 0 Å². The van der Waals surface area contributed by atoms with Gasteiger partial charge in [0.2, 0.25) is 0 Å². The first-order valence-corrected chi connectivity index (χ1v) is 5.72. The van der Waals surface area contributed by atoms with Gasteiger partial charge in [-0.3, -0.25) is 4.79 Å². The zero-order valence-corrected chi connectivity index (χ0v) is 10.0. The molecule has 1 aromatic rings. The molecule has 92 valence electrons. The molecule has 0 saturated carbocycles. The van der Waals surface area contributed by atoms with E-state index in [0.29, 0.717) is 6.54 Å². The minimum Gasteiger partial charge on any atom is -0.507 e. The quantitative estimate of drug-likeness (QED) is 0.815. The van der Waals surface area contributed by atoms with Gasteiger partial charge in [-0.15, -0.1) is 0 Å². The number of nitrogens with zero attached hydrogens (tertiary/aromatic N) is 1. The summed E-state index contributed by atoms with van der Waals surface area (Å²) in [5, 5.41) is 9.62. The Hall–Kier alpha value is -1.58. The van der Waals surface area contributed by atoms with Crippen LogP contribution < -0.4 is 0 Å². The van der Waals surface area contributed by atoms with Gasteiger partial charge in [0.05, 0.1) is 5.56 Å². The number of hydrogen-bond donors (Lipinski definition) is 1. The Morgan fingerprint density at radius 3 is 2.76 bits per heavy atom. The third-order valence-electron chi connectivity index (χ3n) is 3.34. The number of amides is 1. The van der Waals surface area contributed by atoms with Crippen LogP contribution >= 0.6 is 0 Å². The lowest BCUT2D eigenvalue weighted by Crippen LogP contribution is -2.42. The Kier molecular flexibility index (Phi) is 2.81. The highest BCUT2D eigenvalue weighted by Crippen LogP contribution is 2.31. The molecule has 1 N–H and O–H groups in total. The highest BCUT2D eigenvalue weighted by Gasteiger charge is 2.36. The standard InChI is InChI=1S/C13H16FNO2/c1-13(2)6-3-7-15(13)12(17)10-8-9(14)4-5-11(10)16/h4-5,8,16H,3,6-7H2,1-2H3. The van der Waals surface area contributed by atoms with Gasteiger partial charge in [0.1, 0.15) is 11.6 Å². The SMILES string of the molecule is CC1(C)CCCN1C(=O)c1cc(F)ccc1O. The Morgan fingerprint density at radius 1 is 1.47 bits per heavy atom. The van der Waals surface area contributed by atoms with Crippen LogP contribution in [0.15, 0.2) is 18.2 Å². The molecule has 1 aliphatic heterocycles. The van der Waals surface area contributed by atoms with Gasteiger partial charge in [0.15, 0.2) is 0 Å². The zero-order chi connectivity index (χ0) is 12.6. The van der Waals surface area contributed by atoms with E-state index in [9.17, 15) is 14.3 Å². The van der Waals surface area contributed by atoms with Crippen molar-refractivity contribution < 1.29 is 14.3 Å². The second kappa shape index (κ2) is 4.02. The number of likely N-dealkylation sites (tertiary alicyclic amines) is 1. The first-order chi connectivity index (χ1) is 7.92. The van der Waals surface area contributed by atoms with Gasteiger partial charge in [-0.1, -0.05) is 0 Å². The monoisotopic (exact) mass is 237 g/mol. The largest absolute Gasteiger partial charge is 0.507 e.